The Morgan fingerprint density at radius 1 is 0.969 bits per heavy atom. The molecule has 0 saturated carbocycles. The molecule has 7 heteroatoms. The van der Waals surface area contributed by atoms with Gasteiger partial charge in [0, 0.05) is 25.2 Å². The van der Waals surface area contributed by atoms with E-state index in [0.717, 1.165) is 16.3 Å². The molecule has 0 atom stereocenters. The summed E-state index contributed by atoms with van der Waals surface area (Å²) in [5.74, 6) is -0.429. The molecule has 158 valence electrons. The molecule has 1 saturated heterocycles. The third-order valence-electron chi connectivity index (χ3n) is 5.38. The first-order valence-electron chi connectivity index (χ1n) is 9.86. The number of benzene rings is 3. The molecular formula is C25H19N3O3S. The number of thiocarbonyl (C=S) groups is 1. The molecule has 6 nitrogen and oxygen atoms in total. The van der Waals surface area contributed by atoms with Gasteiger partial charge in [-0.2, -0.15) is 5.26 Å². The average molecular weight is 442 g/mol. The standard InChI is InChI=1S/C25H19N3O3S/c1-27-23(29)21(24(30)28(2)25(27)32)13-20-19-10-6-5-7-16(19)11-12-22(20)31-15-18-9-4-3-8-17(18)14-26/h3-13H,15H2,1-2H3. The van der Waals surface area contributed by atoms with E-state index < -0.39 is 11.8 Å². The second kappa shape index (κ2) is 8.61. The van der Waals surface area contributed by atoms with Gasteiger partial charge in [-0.25, -0.2) is 0 Å². The van der Waals surface area contributed by atoms with Crippen LogP contribution in [0.2, 0.25) is 0 Å². The van der Waals surface area contributed by atoms with Crippen molar-refractivity contribution in [1.82, 2.24) is 9.80 Å². The predicted molar refractivity (Wildman–Crippen MR) is 126 cm³/mol. The van der Waals surface area contributed by atoms with Gasteiger partial charge >= 0.3 is 0 Å². The van der Waals surface area contributed by atoms with Crippen molar-refractivity contribution in [3.8, 4) is 11.8 Å². The molecule has 0 aliphatic carbocycles. The van der Waals surface area contributed by atoms with Crippen LogP contribution in [0.25, 0.3) is 16.8 Å². The van der Waals surface area contributed by atoms with Crippen LogP contribution in [0.1, 0.15) is 16.7 Å². The lowest BCUT2D eigenvalue weighted by Gasteiger charge is -2.31. The summed E-state index contributed by atoms with van der Waals surface area (Å²) in [7, 11) is 3.08. The van der Waals surface area contributed by atoms with Crippen molar-refractivity contribution >= 4 is 46.0 Å². The van der Waals surface area contributed by atoms with Crippen LogP contribution in [0.4, 0.5) is 0 Å². The third kappa shape index (κ3) is 3.72. The maximum absolute atomic E-state index is 12.9. The van der Waals surface area contributed by atoms with Crippen molar-refractivity contribution in [3.63, 3.8) is 0 Å². The normalized spacial score (nSPS) is 14.0. The SMILES string of the molecule is CN1C(=O)C(=Cc2c(OCc3ccccc3C#N)ccc3ccccc23)C(=O)N(C)C1=S. The molecular weight excluding hydrogens is 422 g/mol. The van der Waals surface area contributed by atoms with Crippen molar-refractivity contribution < 1.29 is 14.3 Å². The molecule has 1 fully saturated rings. The largest absolute Gasteiger partial charge is 0.488 e. The number of nitriles is 1. The Morgan fingerprint density at radius 3 is 2.34 bits per heavy atom. The van der Waals surface area contributed by atoms with Crippen LogP contribution < -0.4 is 4.74 Å². The number of hydrogen-bond acceptors (Lipinski definition) is 5. The summed E-state index contributed by atoms with van der Waals surface area (Å²) >= 11 is 5.18. The molecule has 0 radical (unpaired) electrons. The monoisotopic (exact) mass is 441 g/mol. The van der Waals surface area contributed by atoms with Crippen molar-refractivity contribution in [2.75, 3.05) is 14.1 Å². The smallest absolute Gasteiger partial charge is 0.265 e. The van der Waals surface area contributed by atoms with E-state index >= 15 is 0 Å². The molecule has 1 heterocycles. The van der Waals surface area contributed by atoms with E-state index in [1.54, 1.807) is 38.4 Å². The van der Waals surface area contributed by atoms with E-state index in [2.05, 4.69) is 6.07 Å². The maximum Gasteiger partial charge on any atom is 0.265 e. The van der Waals surface area contributed by atoms with Crippen LogP contribution >= 0.6 is 12.2 Å². The Morgan fingerprint density at radius 2 is 1.62 bits per heavy atom. The molecule has 1 aliphatic rings. The lowest BCUT2D eigenvalue weighted by Crippen LogP contribution is -2.52. The minimum Gasteiger partial charge on any atom is -0.488 e. The second-order valence-electron chi connectivity index (χ2n) is 7.33. The van der Waals surface area contributed by atoms with Gasteiger partial charge in [0.15, 0.2) is 5.11 Å². The van der Waals surface area contributed by atoms with Gasteiger partial charge in [0.05, 0.1) is 11.6 Å². The van der Waals surface area contributed by atoms with Crippen LogP contribution in [0.5, 0.6) is 5.75 Å². The van der Waals surface area contributed by atoms with Crippen LogP contribution in [-0.2, 0) is 16.2 Å². The predicted octanol–water partition coefficient (Wildman–Crippen LogP) is 3.89. The van der Waals surface area contributed by atoms with Crippen molar-refractivity contribution in [2.24, 2.45) is 0 Å². The number of nitrogens with zero attached hydrogens (tertiary/aromatic N) is 3. The zero-order valence-corrected chi connectivity index (χ0v) is 18.3. The fourth-order valence-corrected chi connectivity index (χ4v) is 3.75. The van der Waals surface area contributed by atoms with Gasteiger partial charge in [-0.15, -0.1) is 0 Å². The van der Waals surface area contributed by atoms with Crippen LogP contribution in [0, 0.1) is 11.3 Å². The molecule has 0 aromatic heterocycles. The highest BCUT2D eigenvalue weighted by atomic mass is 32.1. The van der Waals surface area contributed by atoms with Gasteiger partial charge in [-0.3, -0.25) is 19.4 Å². The number of carbonyl (C=O) groups excluding carboxylic acids is 2. The molecule has 2 amide bonds. The fourth-order valence-electron chi connectivity index (χ4n) is 3.58. The Kier molecular flexibility index (Phi) is 5.71. The zero-order valence-electron chi connectivity index (χ0n) is 17.5. The number of ether oxygens (including phenoxy) is 1. The molecule has 0 N–H and O–H groups in total. The van der Waals surface area contributed by atoms with E-state index in [1.807, 2.05) is 42.5 Å². The number of likely N-dealkylation sites (N-methyl/N-ethyl adjacent to an activating group) is 2. The zero-order chi connectivity index (χ0) is 22.8. The lowest BCUT2D eigenvalue weighted by molar-refractivity contribution is -0.132. The molecule has 4 rings (SSSR count). The summed E-state index contributed by atoms with van der Waals surface area (Å²) in [6, 6.07) is 20.7. The summed E-state index contributed by atoms with van der Waals surface area (Å²) in [6.45, 7) is 0.171. The first-order chi connectivity index (χ1) is 15.4. The maximum atomic E-state index is 12.9. The van der Waals surface area contributed by atoms with E-state index in [9.17, 15) is 14.9 Å². The number of rotatable bonds is 4. The Balaban J connectivity index is 1.82. The highest BCUT2D eigenvalue weighted by Crippen LogP contribution is 2.32. The number of hydrogen-bond donors (Lipinski definition) is 0. The molecule has 0 spiro atoms. The van der Waals surface area contributed by atoms with Crippen LogP contribution in [0.3, 0.4) is 0 Å². The van der Waals surface area contributed by atoms with Gasteiger partial charge in [-0.05, 0) is 41.2 Å². The van der Waals surface area contributed by atoms with E-state index in [0.29, 0.717) is 16.9 Å². The first-order valence-corrected chi connectivity index (χ1v) is 10.3. The van der Waals surface area contributed by atoms with Gasteiger partial charge in [0.2, 0.25) is 0 Å². The average Bonchev–Trinajstić information content (AvgIpc) is 2.83. The Hall–Kier alpha value is -4.02. The van der Waals surface area contributed by atoms with Gasteiger partial charge in [-0.1, -0.05) is 48.5 Å². The topological polar surface area (TPSA) is 73.6 Å². The third-order valence-corrected chi connectivity index (χ3v) is 5.93. The lowest BCUT2D eigenvalue weighted by atomic mass is 9.99. The number of fused-ring (bicyclic) bond motifs is 1. The first kappa shape index (κ1) is 21.2. The molecule has 0 bridgehead atoms. The quantitative estimate of drug-likeness (QED) is 0.349. The summed E-state index contributed by atoms with van der Waals surface area (Å²) in [4.78, 5) is 28.3. The molecule has 3 aromatic carbocycles. The van der Waals surface area contributed by atoms with E-state index in [-0.39, 0.29) is 17.3 Å². The second-order valence-corrected chi connectivity index (χ2v) is 7.69. The Bertz CT molecular complexity index is 1310. The van der Waals surface area contributed by atoms with Crippen molar-refractivity contribution in [1.29, 1.82) is 5.26 Å². The highest BCUT2D eigenvalue weighted by molar-refractivity contribution is 7.80. The molecule has 0 unspecified atom stereocenters. The van der Waals surface area contributed by atoms with Crippen LogP contribution in [-0.4, -0.2) is 40.8 Å². The summed E-state index contributed by atoms with van der Waals surface area (Å²) in [5.41, 5.74) is 1.89. The van der Waals surface area contributed by atoms with Gasteiger partial charge < -0.3 is 4.74 Å². The summed E-state index contributed by atoms with van der Waals surface area (Å²) in [6.07, 6.45) is 1.56. The number of carbonyl (C=O) groups is 2. The fraction of sp³-hybridized carbons (Fsp3) is 0.120. The molecule has 3 aromatic rings. The summed E-state index contributed by atoms with van der Waals surface area (Å²) < 4.78 is 6.09. The minimum atomic E-state index is -0.466. The van der Waals surface area contributed by atoms with Gasteiger partial charge in [0.25, 0.3) is 11.8 Å². The molecule has 1 aliphatic heterocycles. The van der Waals surface area contributed by atoms with E-state index in [1.165, 1.54) is 9.80 Å². The highest BCUT2D eigenvalue weighted by Gasteiger charge is 2.35. The Labute approximate surface area is 190 Å². The van der Waals surface area contributed by atoms with Crippen molar-refractivity contribution in [2.45, 2.75) is 6.61 Å². The molecule has 32 heavy (non-hydrogen) atoms. The van der Waals surface area contributed by atoms with Gasteiger partial charge in [0.1, 0.15) is 17.9 Å². The van der Waals surface area contributed by atoms with Crippen LogP contribution in [0.15, 0.2) is 66.2 Å². The van der Waals surface area contributed by atoms with Crippen molar-refractivity contribution in [3.05, 3.63) is 82.9 Å². The summed E-state index contributed by atoms with van der Waals surface area (Å²) in [5, 5.41) is 11.3. The minimum absolute atomic E-state index is 0.00206. The number of amides is 2. The van der Waals surface area contributed by atoms with E-state index in [4.69, 9.17) is 17.0 Å².